The fraction of sp³-hybridized carbons (Fsp3) is 0.400. The molecule has 0 saturated carbocycles. The van der Waals surface area contributed by atoms with Crippen LogP contribution in [0.5, 0.6) is 0 Å². The van der Waals surface area contributed by atoms with Crippen LogP contribution in [0.2, 0.25) is 0 Å². The Kier molecular flexibility index (Phi) is 4.74. The lowest BCUT2D eigenvalue weighted by Crippen LogP contribution is -2.14. The molecule has 1 aromatic heterocycles. The second-order valence-electron chi connectivity index (χ2n) is 5.10. The van der Waals surface area contributed by atoms with Gasteiger partial charge in [0, 0.05) is 11.5 Å². The molecule has 1 N–H and O–H groups in total. The minimum atomic E-state index is -0.172. The molecule has 7 heteroatoms. The number of ether oxygens (including phenoxy) is 1. The summed E-state index contributed by atoms with van der Waals surface area (Å²) in [7, 11) is 0. The van der Waals surface area contributed by atoms with Crippen LogP contribution >= 0.6 is 11.8 Å². The molecule has 1 fully saturated rings. The summed E-state index contributed by atoms with van der Waals surface area (Å²) in [4.78, 5) is 13.0. The number of amides is 1. The molecule has 0 spiro atoms. The van der Waals surface area contributed by atoms with Gasteiger partial charge in [-0.05, 0) is 31.9 Å². The van der Waals surface area contributed by atoms with Crippen LogP contribution in [0.1, 0.15) is 30.4 Å². The number of benzene rings is 1. The molecule has 22 heavy (non-hydrogen) atoms. The molecule has 1 amide bonds. The van der Waals surface area contributed by atoms with Gasteiger partial charge in [0.15, 0.2) is 0 Å². The molecule has 1 aliphatic rings. The van der Waals surface area contributed by atoms with Gasteiger partial charge in [-0.1, -0.05) is 22.8 Å². The van der Waals surface area contributed by atoms with E-state index in [0.29, 0.717) is 18.3 Å². The maximum Gasteiger partial charge on any atom is 0.322 e. The summed E-state index contributed by atoms with van der Waals surface area (Å²) in [5.41, 5.74) is 1.17. The highest BCUT2D eigenvalue weighted by atomic mass is 32.2. The van der Waals surface area contributed by atoms with Gasteiger partial charge in [0.2, 0.25) is 11.8 Å². The van der Waals surface area contributed by atoms with E-state index in [2.05, 4.69) is 15.5 Å². The van der Waals surface area contributed by atoms with Gasteiger partial charge in [0.1, 0.15) is 6.10 Å². The molecule has 2 aromatic rings. The van der Waals surface area contributed by atoms with E-state index >= 15 is 0 Å². The van der Waals surface area contributed by atoms with Gasteiger partial charge in [-0.15, -0.1) is 16.9 Å². The number of aryl methyl sites for hydroxylation is 1. The molecule has 3 rings (SSSR count). The van der Waals surface area contributed by atoms with Crippen molar-refractivity contribution in [1.29, 1.82) is 0 Å². The first-order valence-electron chi connectivity index (χ1n) is 7.15. The highest BCUT2D eigenvalue weighted by molar-refractivity contribution is 8.00. The second-order valence-corrected chi connectivity index (χ2v) is 6.15. The van der Waals surface area contributed by atoms with Gasteiger partial charge in [0.05, 0.1) is 5.75 Å². The van der Waals surface area contributed by atoms with Crippen LogP contribution in [0.25, 0.3) is 0 Å². The normalized spacial score (nSPS) is 17.6. The molecule has 1 saturated heterocycles. The van der Waals surface area contributed by atoms with Crippen molar-refractivity contribution in [1.82, 2.24) is 10.2 Å². The van der Waals surface area contributed by atoms with Gasteiger partial charge < -0.3 is 9.15 Å². The van der Waals surface area contributed by atoms with Crippen LogP contribution in [-0.2, 0) is 9.53 Å². The van der Waals surface area contributed by atoms with E-state index < -0.39 is 0 Å². The molecule has 116 valence electrons. The first kappa shape index (κ1) is 15.1. The third kappa shape index (κ3) is 3.86. The summed E-state index contributed by atoms with van der Waals surface area (Å²) >= 11 is 1.47. The van der Waals surface area contributed by atoms with Gasteiger partial charge >= 0.3 is 6.01 Å². The molecule has 0 aliphatic carbocycles. The Morgan fingerprint density at radius 2 is 2.36 bits per heavy atom. The van der Waals surface area contributed by atoms with E-state index in [0.717, 1.165) is 17.7 Å². The third-order valence-electron chi connectivity index (χ3n) is 3.25. The fourth-order valence-corrected chi connectivity index (χ4v) is 3.01. The maximum absolute atomic E-state index is 11.9. The summed E-state index contributed by atoms with van der Waals surface area (Å²) in [6, 6.07) is 8.14. The van der Waals surface area contributed by atoms with E-state index in [4.69, 9.17) is 9.15 Å². The lowest BCUT2D eigenvalue weighted by Gasteiger charge is -2.03. The Morgan fingerprint density at radius 1 is 1.45 bits per heavy atom. The maximum atomic E-state index is 11.9. The molecule has 1 unspecified atom stereocenters. The Labute approximate surface area is 132 Å². The Balaban J connectivity index is 1.51. The summed E-state index contributed by atoms with van der Waals surface area (Å²) in [5, 5.41) is 10.4. The van der Waals surface area contributed by atoms with Crippen LogP contribution < -0.4 is 5.32 Å². The number of aromatic nitrogens is 2. The standard InChI is InChI=1S/C15H17N3O3S/c1-10-4-2-5-11(8-10)22-9-13(19)16-15-18-17-14(21-15)12-6-3-7-20-12/h2,4-5,8,12H,3,6-7,9H2,1H3,(H,16,18,19). The monoisotopic (exact) mass is 319 g/mol. The van der Waals surface area contributed by atoms with Crippen LogP contribution in [0.15, 0.2) is 33.6 Å². The van der Waals surface area contributed by atoms with Crippen molar-refractivity contribution in [2.75, 3.05) is 17.7 Å². The molecule has 0 radical (unpaired) electrons. The summed E-state index contributed by atoms with van der Waals surface area (Å²) in [6.45, 7) is 2.73. The first-order valence-corrected chi connectivity index (χ1v) is 8.13. The van der Waals surface area contributed by atoms with Crippen molar-refractivity contribution in [2.45, 2.75) is 30.8 Å². The average molecular weight is 319 g/mol. The van der Waals surface area contributed by atoms with Crippen molar-refractivity contribution >= 4 is 23.7 Å². The predicted octanol–water partition coefficient (Wildman–Crippen LogP) is 2.96. The van der Waals surface area contributed by atoms with Gasteiger partial charge in [-0.2, -0.15) is 0 Å². The summed E-state index contributed by atoms with van der Waals surface area (Å²) in [6.07, 6.45) is 1.72. The second kappa shape index (κ2) is 6.93. The first-order chi connectivity index (χ1) is 10.7. The van der Waals surface area contributed by atoms with Crippen LogP contribution in [-0.4, -0.2) is 28.5 Å². The zero-order valence-electron chi connectivity index (χ0n) is 12.2. The van der Waals surface area contributed by atoms with Gasteiger partial charge in [-0.25, -0.2) is 0 Å². The fourth-order valence-electron chi connectivity index (χ4n) is 2.20. The van der Waals surface area contributed by atoms with Crippen molar-refractivity contribution in [3.63, 3.8) is 0 Å². The molecule has 6 nitrogen and oxygen atoms in total. The van der Waals surface area contributed by atoms with Crippen LogP contribution in [0.3, 0.4) is 0 Å². The van der Waals surface area contributed by atoms with E-state index in [1.54, 1.807) is 0 Å². The van der Waals surface area contributed by atoms with Crippen molar-refractivity contribution in [2.24, 2.45) is 0 Å². The minimum absolute atomic E-state index is 0.125. The number of thioether (sulfide) groups is 1. The minimum Gasteiger partial charge on any atom is -0.405 e. The Morgan fingerprint density at radius 3 is 3.14 bits per heavy atom. The van der Waals surface area contributed by atoms with E-state index in [-0.39, 0.29) is 18.0 Å². The number of carbonyl (C=O) groups excluding carboxylic acids is 1. The lowest BCUT2D eigenvalue weighted by molar-refractivity contribution is -0.113. The number of carbonyl (C=O) groups is 1. The zero-order chi connectivity index (χ0) is 15.4. The Bertz CT molecular complexity index is 653. The predicted molar refractivity (Wildman–Crippen MR) is 82.8 cm³/mol. The molecule has 0 bridgehead atoms. The van der Waals surface area contributed by atoms with Crippen molar-refractivity contribution < 1.29 is 13.9 Å². The topological polar surface area (TPSA) is 77.2 Å². The molecule has 1 aliphatic heterocycles. The van der Waals surface area contributed by atoms with Crippen molar-refractivity contribution in [3.8, 4) is 0 Å². The lowest BCUT2D eigenvalue weighted by atomic mass is 10.2. The third-order valence-corrected chi connectivity index (χ3v) is 4.25. The molecular weight excluding hydrogens is 302 g/mol. The highest BCUT2D eigenvalue weighted by Crippen LogP contribution is 2.28. The quantitative estimate of drug-likeness (QED) is 0.854. The van der Waals surface area contributed by atoms with Crippen LogP contribution in [0, 0.1) is 6.92 Å². The van der Waals surface area contributed by atoms with E-state index in [9.17, 15) is 4.79 Å². The average Bonchev–Trinajstić information content (AvgIpc) is 3.16. The largest absolute Gasteiger partial charge is 0.405 e. The van der Waals surface area contributed by atoms with Gasteiger partial charge in [-0.3, -0.25) is 10.1 Å². The number of rotatable bonds is 5. The number of hydrogen-bond donors (Lipinski definition) is 1. The molecule has 1 aromatic carbocycles. The number of nitrogens with one attached hydrogen (secondary N) is 1. The molecule has 2 heterocycles. The zero-order valence-corrected chi connectivity index (χ0v) is 13.1. The summed E-state index contributed by atoms with van der Waals surface area (Å²) < 4.78 is 10.9. The molecule has 1 atom stereocenters. The number of anilines is 1. The van der Waals surface area contributed by atoms with E-state index in [1.807, 2.05) is 31.2 Å². The van der Waals surface area contributed by atoms with Crippen molar-refractivity contribution in [3.05, 3.63) is 35.7 Å². The molecular formula is C15H17N3O3S. The SMILES string of the molecule is Cc1cccc(SCC(=O)Nc2nnc(C3CCCO3)o2)c1. The van der Waals surface area contributed by atoms with Gasteiger partial charge in [0.25, 0.3) is 0 Å². The number of hydrogen-bond acceptors (Lipinski definition) is 6. The van der Waals surface area contributed by atoms with E-state index in [1.165, 1.54) is 17.3 Å². The van der Waals surface area contributed by atoms with Crippen LogP contribution in [0.4, 0.5) is 6.01 Å². The summed E-state index contributed by atoms with van der Waals surface area (Å²) in [5.74, 6) is 0.550. The Hall–Kier alpha value is -1.86. The number of nitrogens with zero attached hydrogens (tertiary/aromatic N) is 2. The highest BCUT2D eigenvalue weighted by Gasteiger charge is 2.23. The smallest absolute Gasteiger partial charge is 0.322 e.